The first-order valence-electron chi connectivity index (χ1n) is 9.25. The van der Waals surface area contributed by atoms with Gasteiger partial charge in [-0.1, -0.05) is 29.3 Å². The third-order valence-electron chi connectivity index (χ3n) is 4.95. The summed E-state index contributed by atoms with van der Waals surface area (Å²) in [7, 11) is 1.27. The number of halogens is 5. The molecule has 9 heteroatoms. The molecular weight excluding hydrogens is 464 g/mol. The van der Waals surface area contributed by atoms with Crippen molar-refractivity contribution in [3.8, 4) is 11.1 Å². The lowest BCUT2D eigenvalue weighted by Crippen LogP contribution is -2.29. The van der Waals surface area contributed by atoms with E-state index in [2.05, 4.69) is 0 Å². The molecule has 0 radical (unpaired) electrons. The molecule has 0 heterocycles. The van der Waals surface area contributed by atoms with Crippen molar-refractivity contribution >= 4 is 40.7 Å². The van der Waals surface area contributed by atoms with Crippen LogP contribution in [-0.2, 0) is 6.18 Å². The summed E-state index contributed by atoms with van der Waals surface area (Å²) in [6.07, 6.45) is -4.76. The van der Waals surface area contributed by atoms with Crippen molar-refractivity contribution in [3.63, 3.8) is 0 Å². The number of hydrogen-bond donors (Lipinski definition) is 1. The fourth-order valence-corrected chi connectivity index (χ4v) is 3.73. The number of carbonyl (C=O) groups is 2. The summed E-state index contributed by atoms with van der Waals surface area (Å²) in [4.78, 5) is 25.3. The number of rotatable bonds is 4. The highest BCUT2D eigenvalue weighted by atomic mass is 35.5. The van der Waals surface area contributed by atoms with E-state index in [-0.39, 0.29) is 33.0 Å². The molecule has 4 nitrogen and oxygen atoms in total. The van der Waals surface area contributed by atoms with Gasteiger partial charge in [-0.15, -0.1) is 0 Å². The number of amides is 2. The topological polar surface area (TPSA) is 63.4 Å². The minimum Gasteiger partial charge on any atom is -0.366 e. The third-order valence-corrected chi connectivity index (χ3v) is 5.51. The van der Waals surface area contributed by atoms with Crippen LogP contribution in [0, 0.1) is 6.92 Å². The van der Waals surface area contributed by atoms with Crippen LogP contribution in [0.25, 0.3) is 11.1 Å². The fourth-order valence-electron chi connectivity index (χ4n) is 3.28. The van der Waals surface area contributed by atoms with Gasteiger partial charge in [0.1, 0.15) is 0 Å². The van der Waals surface area contributed by atoms with Crippen LogP contribution >= 0.6 is 23.2 Å². The van der Waals surface area contributed by atoms with Crippen molar-refractivity contribution in [2.45, 2.75) is 13.1 Å². The van der Waals surface area contributed by atoms with E-state index in [0.29, 0.717) is 10.6 Å². The molecule has 0 spiro atoms. The van der Waals surface area contributed by atoms with Crippen LogP contribution in [0.3, 0.4) is 0 Å². The number of nitrogens with zero attached hydrogens (tertiary/aromatic N) is 1. The number of hydrogen-bond acceptors (Lipinski definition) is 2. The second-order valence-corrected chi connectivity index (χ2v) is 7.96. The Morgan fingerprint density at radius 2 is 1.66 bits per heavy atom. The van der Waals surface area contributed by atoms with Crippen LogP contribution in [0.15, 0.2) is 54.6 Å². The molecule has 0 aliphatic carbocycles. The summed E-state index contributed by atoms with van der Waals surface area (Å²) in [5.41, 5.74) is 5.11. The average Bonchev–Trinajstić information content (AvgIpc) is 2.72. The zero-order chi connectivity index (χ0) is 23.8. The molecule has 0 unspecified atom stereocenters. The number of primary amides is 1. The van der Waals surface area contributed by atoms with E-state index in [9.17, 15) is 22.8 Å². The maximum absolute atomic E-state index is 13.9. The molecule has 2 N–H and O–H groups in total. The Bertz CT molecular complexity index is 1230. The molecule has 2 amide bonds. The second-order valence-electron chi connectivity index (χ2n) is 7.11. The summed E-state index contributed by atoms with van der Waals surface area (Å²) in [6.45, 7) is 1.65. The maximum atomic E-state index is 13.9. The van der Waals surface area contributed by atoms with E-state index >= 15 is 0 Å². The van der Waals surface area contributed by atoms with Crippen LogP contribution in [0.1, 0.15) is 31.8 Å². The van der Waals surface area contributed by atoms with E-state index in [4.69, 9.17) is 28.9 Å². The summed E-state index contributed by atoms with van der Waals surface area (Å²) < 4.78 is 41.8. The van der Waals surface area contributed by atoms with Gasteiger partial charge in [0.2, 0.25) is 5.91 Å². The average molecular weight is 481 g/mol. The van der Waals surface area contributed by atoms with E-state index in [1.807, 2.05) is 0 Å². The standard InChI is InChI=1S/C23H17Cl2F3N2O2/c1-12-9-15(24)5-6-16(12)22(32)30(2)20-8-4-13(11-18(20)23(26,27)28)17-10-14(21(29)31)3-7-19(17)25/h3-11H,1-2H3,(H2,29,31). The Labute approximate surface area is 192 Å². The molecular formula is C23H17Cl2F3N2O2. The zero-order valence-corrected chi connectivity index (χ0v) is 18.4. The molecule has 166 valence electrons. The third kappa shape index (κ3) is 4.74. The van der Waals surface area contributed by atoms with Gasteiger partial charge in [-0.25, -0.2) is 0 Å². The van der Waals surface area contributed by atoms with E-state index in [1.165, 1.54) is 49.5 Å². The lowest BCUT2D eigenvalue weighted by atomic mass is 9.98. The molecule has 32 heavy (non-hydrogen) atoms. The van der Waals surface area contributed by atoms with Crippen LogP contribution in [-0.4, -0.2) is 18.9 Å². The minimum atomic E-state index is -4.76. The van der Waals surface area contributed by atoms with Gasteiger partial charge in [-0.2, -0.15) is 13.2 Å². The SMILES string of the molecule is Cc1cc(Cl)ccc1C(=O)N(C)c1ccc(-c2cc(C(N)=O)ccc2Cl)cc1C(F)(F)F. The molecule has 0 aromatic heterocycles. The van der Waals surface area contributed by atoms with Gasteiger partial charge in [0.15, 0.2) is 0 Å². The van der Waals surface area contributed by atoms with Crippen LogP contribution in [0.2, 0.25) is 10.0 Å². The van der Waals surface area contributed by atoms with Crippen LogP contribution in [0.5, 0.6) is 0 Å². The predicted octanol–water partition coefficient (Wildman–Crippen LogP) is 6.36. The lowest BCUT2D eigenvalue weighted by molar-refractivity contribution is -0.137. The van der Waals surface area contributed by atoms with E-state index in [0.717, 1.165) is 11.0 Å². The van der Waals surface area contributed by atoms with Gasteiger partial charge in [-0.3, -0.25) is 9.59 Å². The maximum Gasteiger partial charge on any atom is 0.418 e. The molecule has 0 aliphatic rings. The van der Waals surface area contributed by atoms with Crippen LogP contribution in [0.4, 0.5) is 18.9 Å². The summed E-state index contributed by atoms with van der Waals surface area (Å²) >= 11 is 12.1. The molecule has 3 aromatic carbocycles. The number of carbonyl (C=O) groups excluding carboxylic acids is 2. The van der Waals surface area contributed by atoms with Crippen molar-refractivity contribution in [1.82, 2.24) is 0 Å². The Morgan fingerprint density at radius 3 is 2.25 bits per heavy atom. The molecule has 0 bridgehead atoms. The highest BCUT2D eigenvalue weighted by Gasteiger charge is 2.36. The van der Waals surface area contributed by atoms with Crippen LogP contribution < -0.4 is 10.6 Å². The molecule has 0 saturated heterocycles. The zero-order valence-electron chi connectivity index (χ0n) is 16.9. The lowest BCUT2D eigenvalue weighted by Gasteiger charge is -2.23. The van der Waals surface area contributed by atoms with Crippen molar-refractivity contribution in [2.24, 2.45) is 5.73 Å². The minimum absolute atomic E-state index is 0.104. The summed E-state index contributed by atoms with van der Waals surface area (Å²) in [5, 5.41) is 0.564. The molecule has 0 aliphatic heterocycles. The molecule has 3 aromatic rings. The number of alkyl halides is 3. The molecule has 0 fully saturated rings. The number of nitrogens with two attached hydrogens (primary N) is 1. The molecule has 0 saturated carbocycles. The summed E-state index contributed by atoms with van der Waals surface area (Å²) in [5.74, 6) is -1.36. The number of aryl methyl sites for hydroxylation is 1. The van der Waals surface area contributed by atoms with Gasteiger partial charge in [-0.05, 0) is 66.6 Å². The smallest absolute Gasteiger partial charge is 0.366 e. The highest BCUT2D eigenvalue weighted by Crippen LogP contribution is 2.40. The van der Waals surface area contributed by atoms with Crippen molar-refractivity contribution in [2.75, 3.05) is 11.9 Å². The Hall–Kier alpha value is -3.03. The quantitative estimate of drug-likeness (QED) is 0.471. The van der Waals surface area contributed by atoms with Crippen molar-refractivity contribution < 1.29 is 22.8 Å². The summed E-state index contributed by atoms with van der Waals surface area (Å²) in [6, 6.07) is 12.1. The van der Waals surface area contributed by atoms with E-state index in [1.54, 1.807) is 13.0 Å². The van der Waals surface area contributed by atoms with Crippen molar-refractivity contribution in [1.29, 1.82) is 0 Å². The molecule has 0 atom stereocenters. The predicted molar refractivity (Wildman–Crippen MR) is 119 cm³/mol. The van der Waals surface area contributed by atoms with Gasteiger partial charge in [0.05, 0.1) is 11.3 Å². The van der Waals surface area contributed by atoms with E-state index < -0.39 is 23.6 Å². The molecule has 3 rings (SSSR count). The first-order valence-corrected chi connectivity index (χ1v) is 10.0. The first kappa shape index (κ1) is 23.6. The monoisotopic (exact) mass is 480 g/mol. The Morgan fingerprint density at radius 1 is 0.969 bits per heavy atom. The highest BCUT2D eigenvalue weighted by molar-refractivity contribution is 6.33. The van der Waals surface area contributed by atoms with Crippen molar-refractivity contribution in [3.05, 3.63) is 86.9 Å². The largest absolute Gasteiger partial charge is 0.418 e. The van der Waals surface area contributed by atoms with Gasteiger partial charge in [0.25, 0.3) is 5.91 Å². The van der Waals surface area contributed by atoms with Gasteiger partial charge >= 0.3 is 6.18 Å². The number of benzene rings is 3. The first-order chi connectivity index (χ1) is 14.9. The Balaban J connectivity index is 2.12. The number of anilines is 1. The Kier molecular flexibility index (Phi) is 6.53. The second kappa shape index (κ2) is 8.84. The normalized spacial score (nSPS) is 11.3. The van der Waals surface area contributed by atoms with Gasteiger partial charge < -0.3 is 10.6 Å². The van der Waals surface area contributed by atoms with Gasteiger partial charge in [0, 0.05) is 33.8 Å². The fraction of sp³-hybridized carbons (Fsp3) is 0.130.